The molecule has 2 saturated heterocycles. The van der Waals surface area contributed by atoms with Crippen molar-refractivity contribution in [2.75, 3.05) is 14.1 Å². The molecule has 2 aliphatic rings. The van der Waals surface area contributed by atoms with E-state index in [1.54, 1.807) is 0 Å². The molecular weight excluding hydrogens is 249 g/mol. The predicted molar refractivity (Wildman–Crippen MR) is 55.7 cm³/mol. The fourth-order valence-corrected chi connectivity index (χ4v) is 3.90. The van der Waals surface area contributed by atoms with E-state index >= 15 is 0 Å². The number of quaternary nitrogens is 1. The number of piperidine rings is 1. The van der Waals surface area contributed by atoms with Crippen molar-refractivity contribution < 1.29 is 4.48 Å². The predicted octanol–water partition coefficient (Wildman–Crippen LogP) is 2.54. The van der Waals surface area contributed by atoms with Gasteiger partial charge < -0.3 is 4.48 Å². The number of rotatable bonds is 0. The number of fused-ring (bicyclic) bond motifs is 2. The third-order valence-electron chi connectivity index (χ3n) is 3.90. The van der Waals surface area contributed by atoms with Gasteiger partial charge in [-0.05, 0) is 35.4 Å². The molecule has 0 aromatic rings. The number of alkyl halides is 1. The van der Waals surface area contributed by atoms with Crippen LogP contribution < -0.4 is 0 Å². The summed E-state index contributed by atoms with van der Waals surface area (Å²) in [4.78, 5) is 0. The quantitative estimate of drug-likeness (QED) is 0.273. The molecule has 0 aliphatic carbocycles. The Balaban J connectivity index is 2.33. The van der Waals surface area contributed by atoms with Gasteiger partial charge in [0.2, 0.25) is 0 Å². The first-order valence-electron chi connectivity index (χ1n) is 4.59. The van der Waals surface area contributed by atoms with E-state index in [0.29, 0.717) is 3.55 Å². The smallest absolute Gasteiger partial charge is 0.149 e. The van der Waals surface area contributed by atoms with Crippen LogP contribution in [-0.4, -0.2) is 28.2 Å². The third-order valence-corrected chi connectivity index (χ3v) is 6.23. The molecule has 1 nitrogen and oxygen atoms in total. The standard InChI is InChI=1S/C9H17IN/c1-11(2)8-4-3-6-9(11,10)7-5-8/h8H,3-7H2,1-2H3/q+1. The van der Waals surface area contributed by atoms with Gasteiger partial charge in [-0.1, -0.05) is 0 Å². The number of halogens is 1. The fraction of sp³-hybridized carbons (Fsp3) is 1.00. The third kappa shape index (κ3) is 0.981. The van der Waals surface area contributed by atoms with E-state index in [1.165, 1.54) is 36.6 Å². The van der Waals surface area contributed by atoms with Gasteiger partial charge in [-0.2, -0.15) is 0 Å². The zero-order valence-corrected chi connectivity index (χ0v) is 9.60. The lowest BCUT2D eigenvalue weighted by molar-refractivity contribution is -0.935. The highest BCUT2D eigenvalue weighted by atomic mass is 127. The van der Waals surface area contributed by atoms with Crippen LogP contribution in [0.2, 0.25) is 0 Å². The van der Waals surface area contributed by atoms with Crippen LogP contribution in [0.4, 0.5) is 0 Å². The summed E-state index contributed by atoms with van der Waals surface area (Å²) in [7, 11) is 4.84. The lowest BCUT2D eigenvalue weighted by atomic mass is 10.0. The second-order valence-corrected chi connectivity index (χ2v) is 6.55. The summed E-state index contributed by atoms with van der Waals surface area (Å²) in [5, 5.41) is 0. The van der Waals surface area contributed by atoms with E-state index in [-0.39, 0.29) is 0 Å². The number of hydrogen-bond donors (Lipinski definition) is 0. The van der Waals surface area contributed by atoms with Gasteiger partial charge >= 0.3 is 0 Å². The van der Waals surface area contributed by atoms with Crippen LogP contribution in [0.5, 0.6) is 0 Å². The summed E-state index contributed by atoms with van der Waals surface area (Å²) >= 11 is 2.71. The number of hydrogen-bond acceptors (Lipinski definition) is 0. The summed E-state index contributed by atoms with van der Waals surface area (Å²) in [5.41, 5.74) is 0. The molecule has 2 unspecified atom stereocenters. The summed E-state index contributed by atoms with van der Waals surface area (Å²) in [6, 6.07) is 0.973. The summed E-state index contributed by atoms with van der Waals surface area (Å²) in [6.07, 6.45) is 7.30. The lowest BCUT2D eigenvalue weighted by Gasteiger charge is -2.47. The lowest BCUT2D eigenvalue weighted by Crippen LogP contribution is -2.57. The van der Waals surface area contributed by atoms with E-state index in [1.807, 2.05) is 0 Å². The van der Waals surface area contributed by atoms with Crippen molar-refractivity contribution in [3.05, 3.63) is 0 Å². The average molecular weight is 266 g/mol. The van der Waals surface area contributed by atoms with Gasteiger partial charge in [0.25, 0.3) is 0 Å². The Hall–Kier alpha value is 0.690. The Bertz CT molecular complexity index is 172. The molecule has 2 atom stereocenters. The fourth-order valence-electron chi connectivity index (χ4n) is 2.81. The SMILES string of the molecule is C[N+]1(C)C2CCCC1(I)CC2. The van der Waals surface area contributed by atoms with Crippen molar-refractivity contribution in [1.29, 1.82) is 0 Å². The Morgan fingerprint density at radius 3 is 2.55 bits per heavy atom. The first kappa shape index (κ1) is 8.30. The minimum Gasteiger partial charge on any atom is -0.313 e. The van der Waals surface area contributed by atoms with Gasteiger partial charge in [0.15, 0.2) is 0 Å². The van der Waals surface area contributed by atoms with Gasteiger partial charge in [-0.25, -0.2) is 0 Å². The molecule has 0 spiro atoms. The van der Waals surface area contributed by atoms with Crippen LogP contribution in [0, 0.1) is 0 Å². The molecule has 11 heavy (non-hydrogen) atoms. The Morgan fingerprint density at radius 2 is 2.00 bits per heavy atom. The van der Waals surface area contributed by atoms with Crippen molar-refractivity contribution in [3.8, 4) is 0 Å². The highest BCUT2D eigenvalue weighted by Gasteiger charge is 2.55. The minimum atomic E-state index is 0.598. The highest BCUT2D eigenvalue weighted by Crippen LogP contribution is 2.51. The van der Waals surface area contributed by atoms with Crippen molar-refractivity contribution in [3.63, 3.8) is 0 Å². The molecule has 0 N–H and O–H groups in total. The molecular formula is C9H17IN+. The van der Waals surface area contributed by atoms with Crippen LogP contribution in [0.1, 0.15) is 32.1 Å². The summed E-state index contributed by atoms with van der Waals surface area (Å²) < 4.78 is 1.88. The molecule has 0 aromatic heterocycles. The van der Waals surface area contributed by atoms with Crippen LogP contribution in [0.25, 0.3) is 0 Å². The van der Waals surface area contributed by atoms with Gasteiger partial charge in [-0.3, -0.25) is 0 Å². The molecule has 0 aromatic carbocycles. The first-order chi connectivity index (χ1) is 5.06. The van der Waals surface area contributed by atoms with Gasteiger partial charge in [0.05, 0.1) is 20.1 Å². The summed E-state index contributed by atoms with van der Waals surface area (Å²) in [5.74, 6) is 0. The second kappa shape index (κ2) is 2.34. The largest absolute Gasteiger partial charge is 0.313 e. The highest BCUT2D eigenvalue weighted by molar-refractivity contribution is 14.1. The molecule has 2 rings (SSSR count). The summed E-state index contributed by atoms with van der Waals surface area (Å²) in [6.45, 7) is 0. The minimum absolute atomic E-state index is 0.598. The average Bonchev–Trinajstić information content (AvgIpc) is 2.17. The molecule has 2 fully saturated rings. The van der Waals surface area contributed by atoms with Crippen LogP contribution >= 0.6 is 22.6 Å². The maximum absolute atomic E-state index is 2.71. The Morgan fingerprint density at radius 1 is 1.27 bits per heavy atom. The van der Waals surface area contributed by atoms with E-state index in [9.17, 15) is 0 Å². The molecule has 2 heteroatoms. The Labute approximate surface area is 82.9 Å². The Kier molecular flexibility index (Phi) is 1.77. The van der Waals surface area contributed by atoms with E-state index < -0.39 is 0 Å². The van der Waals surface area contributed by atoms with Crippen molar-refractivity contribution in [1.82, 2.24) is 0 Å². The van der Waals surface area contributed by atoms with Gasteiger partial charge in [0.1, 0.15) is 3.55 Å². The maximum Gasteiger partial charge on any atom is 0.149 e. The van der Waals surface area contributed by atoms with Crippen LogP contribution in [-0.2, 0) is 0 Å². The normalized spacial score (nSPS) is 47.7. The molecule has 2 heterocycles. The molecule has 2 aliphatic heterocycles. The zero-order valence-electron chi connectivity index (χ0n) is 7.44. The van der Waals surface area contributed by atoms with E-state index in [0.717, 1.165) is 6.04 Å². The zero-order chi connectivity index (χ0) is 8.11. The number of nitrogens with zero attached hydrogens (tertiary/aromatic N) is 1. The van der Waals surface area contributed by atoms with Gasteiger partial charge in [0, 0.05) is 19.3 Å². The van der Waals surface area contributed by atoms with Crippen LogP contribution in [0.15, 0.2) is 0 Å². The molecule has 0 amide bonds. The van der Waals surface area contributed by atoms with E-state index in [4.69, 9.17) is 0 Å². The first-order valence-corrected chi connectivity index (χ1v) is 5.67. The molecule has 0 saturated carbocycles. The second-order valence-electron chi connectivity index (χ2n) is 4.54. The van der Waals surface area contributed by atoms with Crippen molar-refractivity contribution >= 4 is 22.6 Å². The van der Waals surface area contributed by atoms with Crippen molar-refractivity contribution in [2.24, 2.45) is 0 Å². The molecule has 64 valence electrons. The molecule has 2 bridgehead atoms. The monoisotopic (exact) mass is 266 g/mol. The van der Waals surface area contributed by atoms with Crippen molar-refractivity contribution in [2.45, 2.75) is 41.7 Å². The maximum atomic E-state index is 2.71. The molecule has 0 radical (unpaired) electrons. The van der Waals surface area contributed by atoms with E-state index in [2.05, 4.69) is 36.7 Å². The van der Waals surface area contributed by atoms with Gasteiger partial charge in [-0.15, -0.1) is 0 Å². The van der Waals surface area contributed by atoms with Crippen LogP contribution in [0.3, 0.4) is 0 Å². The topological polar surface area (TPSA) is 0 Å².